The molecule has 1 atom stereocenters. The second kappa shape index (κ2) is 8.04. The number of nitrogens with one attached hydrogen (secondary N) is 2. The zero-order valence-electron chi connectivity index (χ0n) is 11.7. The lowest BCUT2D eigenvalue weighted by Crippen LogP contribution is -2.39. The number of carbonyl (C=O) groups is 2. The number of hydrogen-bond donors (Lipinski definition) is 3. The summed E-state index contributed by atoms with van der Waals surface area (Å²) in [5.41, 5.74) is 1.17. The molecule has 1 unspecified atom stereocenters. The van der Waals surface area contributed by atoms with E-state index in [9.17, 15) is 9.59 Å². The van der Waals surface area contributed by atoms with E-state index in [1.54, 1.807) is 7.11 Å². The molecule has 0 saturated heterocycles. The van der Waals surface area contributed by atoms with Crippen LogP contribution in [0.25, 0.3) is 0 Å². The Morgan fingerprint density at radius 3 is 2.45 bits per heavy atom. The van der Waals surface area contributed by atoms with E-state index >= 15 is 0 Å². The lowest BCUT2D eigenvalue weighted by Gasteiger charge is -2.13. The van der Waals surface area contributed by atoms with Gasteiger partial charge in [-0.25, -0.2) is 4.79 Å². The number of carboxylic acids is 1. The van der Waals surface area contributed by atoms with Gasteiger partial charge in [-0.1, -0.05) is 19.1 Å². The van der Waals surface area contributed by atoms with Gasteiger partial charge < -0.3 is 20.5 Å². The minimum Gasteiger partial charge on any atom is -0.497 e. The summed E-state index contributed by atoms with van der Waals surface area (Å²) in [5, 5.41) is 13.3. The van der Waals surface area contributed by atoms with Crippen LogP contribution in [-0.2, 0) is 4.79 Å². The van der Waals surface area contributed by atoms with Crippen molar-refractivity contribution in [1.82, 2.24) is 10.6 Å². The van der Waals surface area contributed by atoms with E-state index in [-0.39, 0.29) is 6.54 Å². The number of methoxy groups -OCH3 is 1. The number of ether oxygens (including phenoxy) is 1. The Morgan fingerprint density at radius 1 is 1.25 bits per heavy atom. The minimum atomic E-state index is -1.06. The Kier molecular flexibility index (Phi) is 6.36. The standard InChI is InChI=1S/C14H20N2O4/c1-10(11-3-5-12(20-2)6-4-11)7-8-15-14(19)16-9-13(17)18/h3-6,10H,7-9H2,1-2H3,(H,17,18)(H2,15,16,19). The van der Waals surface area contributed by atoms with Gasteiger partial charge in [0, 0.05) is 6.54 Å². The number of amides is 2. The molecule has 0 saturated carbocycles. The van der Waals surface area contributed by atoms with Crippen molar-refractivity contribution in [2.75, 3.05) is 20.2 Å². The van der Waals surface area contributed by atoms with Crippen LogP contribution < -0.4 is 15.4 Å². The highest BCUT2D eigenvalue weighted by molar-refractivity contribution is 5.79. The van der Waals surface area contributed by atoms with Crippen molar-refractivity contribution in [3.8, 4) is 5.75 Å². The van der Waals surface area contributed by atoms with Gasteiger partial charge in [-0.2, -0.15) is 0 Å². The van der Waals surface area contributed by atoms with Crippen LogP contribution in [0.3, 0.4) is 0 Å². The van der Waals surface area contributed by atoms with Crippen LogP contribution in [0.1, 0.15) is 24.8 Å². The van der Waals surface area contributed by atoms with Crippen LogP contribution in [-0.4, -0.2) is 37.3 Å². The van der Waals surface area contributed by atoms with Crippen LogP contribution >= 0.6 is 0 Å². The van der Waals surface area contributed by atoms with Crippen molar-refractivity contribution in [2.45, 2.75) is 19.3 Å². The largest absolute Gasteiger partial charge is 0.497 e. The van der Waals surface area contributed by atoms with Crippen molar-refractivity contribution < 1.29 is 19.4 Å². The summed E-state index contributed by atoms with van der Waals surface area (Å²) >= 11 is 0. The van der Waals surface area contributed by atoms with E-state index in [1.165, 1.54) is 5.56 Å². The van der Waals surface area contributed by atoms with Crippen molar-refractivity contribution in [3.05, 3.63) is 29.8 Å². The highest BCUT2D eigenvalue weighted by Gasteiger charge is 2.07. The molecule has 20 heavy (non-hydrogen) atoms. The van der Waals surface area contributed by atoms with Crippen LogP contribution in [0.15, 0.2) is 24.3 Å². The molecule has 1 aromatic rings. The molecule has 0 radical (unpaired) electrons. The highest BCUT2D eigenvalue weighted by Crippen LogP contribution is 2.21. The second-order valence-electron chi connectivity index (χ2n) is 4.47. The van der Waals surface area contributed by atoms with Crippen molar-refractivity contribution in [2.24, 2.45) is 0 Å². The van der Waals surface area contributed by atoms with Crippen LogP contribution in [0.5, 0.6) is 5.75 Å². The molecule has 0 aliphatic rings. The third-order valence-corrected chi connectivity index (χ3v) is 2.95. The molecule has 3 N–H and O–H groups in total. The molecule has 0 heterocycles. The fraction of sp³-hybridized carbons (Fsp3) is 0.429. The molecule has 1 rings (SSSR count). The van der Waals surface area contributed by atoms with E-state index in [4.69, 9.17) is 9.84 Å². The first-order valence-corrected chi connectivity index (χ1v) is 6.40. The number of aliphatic carboxylic acids is 1. The molecule has 0 aliphatic heterocycles. The van der Waals surface area contributed by atoms with E-state index < -0.39 is 12.0 Å². The average molecular weight is 280 g/mol. The Hall–Kier alpha value is -2.24. The first-order valence-electron chi connectivity index (χ1n) is 6.40. The molecule has 6 nitrogen and oxygen atoms in total. The van der Waals surface area contributed by atoms with Gasteiger partial charge >= 0.3 is 12.0 Å². The molecule has 0 fully saturated rings. The Balaban J connectivity index is 2.30. The summed E-state index contributed by atoms with van der Waals surface area (Å²) in [7, 11) is 1.62. The van der Waals surface area contributed by atoms with E-state index in [0.29, 0.717) is 12.5 Å². The SMILES string of the molecule is COc1ccc(C(C)CCNC(=O)NCC(=O)O)cc1. The molecule has 6 heteroatoms. The maximum Gasteiger partial charge on any atom is 0.323 e. The van der Waals surface area contributed by atoms with Gasteiger partial charge in [-0.05, 0) is 30.0 Å². The van der Waals surface area contributed by atoms with Crippen LogP contribution in [0, 0.1) is 0 Å². The van der Waals surface area contributed by atoms with Crippen molar-refractivity contribution in [1.29, 1.82) is 0 Å². The summed E-state index contributed by atoms with van der Waals surface area (Å²) < 4.78 is 5.09. The zero-order valence-corrected chi connectivity index (χ0v) is 11.7. The van der Waals surface area contributed by atoms with Gasteiger partial charge in [-0.3, -0.25) is 4.79 Å². The number of benzene rings is 1. The highest BCUT2D eigenvalue weighted by atomic mass is 16.5. The summed E-state index contributed by atoms with van der Waals surface area (Å²) in [4.78, 5) is 21.5. The Labute approximate surface area is 118 Å². The maximum atomic E-state index is 11.2. The molecule has 0 spiro atoms. The lowest BCUT2D eigenvalue weighted by molar-refractivity contribution is -0.135. The van der Waals surface area contributed by atoms with Gasteiger partial charge in [0.05, 0.1) is 7.11 Å². The minimum absolute atomic E-state index is 0.292. The third kappa shape index (κ3) is 5.60. The smallest absolute Gasteiger partial charge is 0.323 e. The van der Waals surface area contributed by atoms with E-state index in [1.807, 2.05) is 24.3 Å². The lowest BCUT2D eigenvalue weighted by atomic mass is 9.98. The fourth-order valence-corrected chi connectivity index (χ4v) is 1.72. The normalized spacial score (nSPS) is 11.5. The Bertz CT molecular complexity index is 445. The number of carboxylic acid groups (broad SMARTS) is 1. The molecule has 2 amide bonds. The molecule has 110 valence electrons. The second-order valence-corrected chi connectivity index (χ2v) is 4.47. The number of rotatable bonds is 7. The van der Waals surface area contributed by atoms with E-state index in [2.05, 4.69) is 17.6 Å². The number of hydrogen-bond acceptors (Lipinski definition) is 3. The topological polar surface area (TPSA) is 87.7 Å². The van der Waals surface area contributed by atoms with Gasteiger partial charge in [0.15, 0.2) is 0 Å². The first-order chi connectivity index (χ1) is 9.52. The quantitative estimate of drug-likeness (QED) is 0.707. The first kappa shape index (κ1) is 15.8. The van der Waals surface area contributed by atoms with E-state index in [0.717, 1.165) is 12.2 Å². The third-order valence-electron chi connectivity index (χ3n) is 2.95. The monoisotopic (exact) mass is 280 g/mol. The van der Waals surface area contributed by atoms with Gasteiger partial charge in [-0.15, -0.1) is 0 Å². The van der Waals surface area contributed by atoms with Crippen molar-refractivity contribution >= 4 is 12.0 Å². The average Bonchev–Trinajstić information content (AvgIpc) is 2.45. The van der Waals surface area contributed by atoms with Crippen molar-refractivity contribution in [3.63, 3.8) is 0 Å². The summed E-state index contributed by atoms with van der Waals surface area (Å²) in [6, 6.07) is 7.33. The predicted molar refractivity (Wildman–Crippen MR) is 75.1 cm³/mol. The van der Waals surface area contributed by atoms with Gasteiger partial charge in [0.2, 0.25) is 0 Å². The van der Waals surface area contributed by atoms with Crippen LogP contribution in [0.2, 0.25) is 0 Å². The fourth-order valence-electron chi connectivity index (χ4n) is 1.72. The zero-order chi connectivity index (χ0) is 15.0. The molecule has 0 bridgehead atoms. The predicted octanol–water partition coefficient (Wildman–Crippen LogP) is 1.57. The molecular formula is C14H20N2O4. The number of carbonyl (C=O) groups excluding carboxylic acids is 1. The molecule has 0 aromatic heterocycles. The molecule has 1 aromatic carbocycles. The molecular weight excluding hydrogens is 260 g/mol. The Morgan fingerprint density at radius 2 is 1.90 bits per heavy atom. The van der Waals surface area contributed by atoms with Gasteiger partial charge in [0.1, 0.15) is 12.3 Å². The molecule has 0 aliphatic carbocycles. The van der Waals surface area contributed by atoms with Gasteiger partial charge in [0.25, 0.3) is 0 Å². The maximum absolute atomic E-state index is 11.2. The van der Waals surface area contributed by atoms with Crippen LogP contribution in [0.4, 0.5) is 4.79 Å². The summed E-state index contributed by atoms with van der Waals surface area (Å²) in [6.07, 6.45) is 0.771. The summed E-state index contributed by atoms with van der Waals surface area (Å²) in [5.74, 6) is 0.0413. The number of urea groups is 1. The summed E-state index contributed by atoms with van der Waals surface area (Å²) in [6.45, 7) is 2.18.